The number of aromatic nitrogens is 1. The van der Waals surface area contributed by atoms with Crippen molar-refractivity contribution >= 4 is 25.8 Å². The second-order valence-electron chi connectivity index (χ2n) is 11.2. The lowest BCUT2D eigenvalue weighted by molar-refractivity contribution is -0.384. The molecule has 0 saturated carbocycles. The summed E-state index contributed by atoms with van der Waals surface area (Å²) < 4.78 is 6.47. The number of carbonyl (C=O) groups is 1. The molecule has 2 rings (SSSR count). The van der Waals surface area contributed by atoms with E-state index in [0.717, 1.165) is 0 Å². The fourth-order valence-corrected chi connectivity index (χ4v) is 5.08. The molecule has 0 bridgehead atoms. The van der Waals surface area contributed by atoms with Crippen LogP contribution in [0.4, 0.5) is 16.2 Å². The van der Waals surface area contributed by atoms with Crippen molar-refractivity contribution in [3.63, 3.8) is 0 Å². The monoisotopic (exact) mass is 466 g/mol. The van der Waals surface area contributed by atoms with E-state index in [1.165, 1.54) is 17.3 Å². The van der Waals surface area contributed by atoms with Gasteiger partial charge in [-0.25, -0.2) is 4.79 Å². The zero-order chi connectivity index (χ0) is 24.5. The number of amides is 1. The molecular formula is C22H38N4O5Si. The first-order chi connectivity index (χ1) is 14.5. The highest BCUT2D eigenvalue weighted by atomic mass is 28.4. The number of rotatable bonds is 6. The predicted molar refractivity (Wildman–Crippen MR) is 128 cm³/mol. The molecular weight excluding hydrogens is 428 g/mol. The normalized spacial score (nSPS) is 20.2. The van der Waals surface area contributed by atoms with Crippen molar-refractivity contribution in [1.29, 1.82) is 0 Å². The first-order valence-corrected chi connectivity index (χ1v) is 13.9. The van der Waals surface area contributed by atoms with Gasteiger partial charge in [0.2, 0.25) is 0 Å². The van der Waals surface area contributed by atoms with E-state index < -0.39 is 24.9 Å². The topological polar surface area (TPSA) is 109 Å². The number of nitro groups is 1. The molecule has 0 radical (unpaired) electrons. The fraction of sp³-hybridized carbons (Fsp3) is 0.727. The number of nitrogens with zero attached hydrogens (tertiary/aromatic N) is 4. The molecule has 1 aromatic rings. The number of hydrogen-bond acceptors (Lipinski definition) is 6. The van der Waals surface area contributed by atoms with Crippen molar-refractivity contribution in [3.8, 4) is 0 Å². The minimum absolute atomic E-state index is 0.0415. The SMILES string of the molecule is CC(C)(C)N(C(=O)O)C1CC(CO[Si](C)(C)C(C)(C)C)CN(c2ccncc2[N+](=O)[O-])C1. The van der Waals surface area contributed by atoms with Crippen molar-refractivity contribution in [2.24, 2.45) is 5.92 Å². The first kappa shape index (κ1) is 26.1. The van der Waals surface area contributed by atoms with Gasteiger partial charge in [0.15, 0.2) is 8.32 Å². The molecule has 1 aliphatic heterocycles. The summed E-state index contributed by atoms with van der Waals surface area (Å²) in [5, 5.41) is 21.6. The number of hydrogen-bond donors (Lipinski definition) is 1. The van der Waals surface area contributed by atoms with Gasteiger partial charge >= 0.3 is 11.8 Å². The van der Waals surface area contributed by atoms with E-state index in [9.17, 15) is 20.0 Å². The standard InChI is InChI=1S/C22H38N4O5Si/c1-21(2,3)25(20(27)28)17-11-16(15-31-32(7,8)22(4,5)6)13-24(14-17)18-9-10-23-12-19(18)26(29)30/h9-10,12,16-17H,11,13-15H2,1-8H3,(H,27,28). The highest BCUT2D eigenvalue weighted by Gasteiger charge is 2.42. The molecule has 1 saturated heterocycles. The van der Waals surface area contributed by atoms with Crippen LogP contribution in [0.25, 0.3) is 0 Å². The maximum atomic E-state index is 12.2. The molecule has 0 spiro atoms. The largest absolute Gasteiger partial charge is 0.465 e. The Morgan fingerprint density at radius 1 is 1.31 bits per heavy atom. The van der Waals surface area contributed by atoms with Crippen molar-refractivity contribution in [2.75, 3.05) is 24.6 Å². The van der Waals surface area contributed by atoms with Crippen LogP contribution in [0, 0.1) is 16.0 Å². The summed E-state index contributed by atoms with van der Waals surface area (Å²) in [6.07, 6.45) is 2.44. The zero-order valence-electron chi connectivity index (χ0n) is 20.6. The van der Waals surface area contributed by atoms with Crippen molar-refractivity contribution < 1.29 is 19.3 Å². The average molecular weight is 467 g/mol. The molecule has 1 aliphatic rings. The van der Waals surface area contributed by atoms with E-state index in [2.05, 4.69) is 38.8 Å². The lowest BCUT2D eigenvalue weighted by atomic mass is 9.90. The molecule has 0 aromatic carbocycles. The van der Waals surface area contributed by atoms with Crippen LogP contribution in [-0.4, -0.2) is 65.6 Å². The molecule has 2 atom stereocenters. The predicted octanol–water partition coefficient (Wildman–Crippen LogP) is 4.99. The molecule has 1 aromatic heterocycles. The molecule has 10 heteroatoms. The van der Waals surface area contributed by atoms with Crippen LogP contribution in [0.5, 0.6) is 0 Å². The van der Waals surface area contributed by atoms with Crippen LogP contribution in [0.1, 0.15) is 48.0 Å². The van der Waals surface area contributed by atoms with Gasteiger partial charge in [0.1, 0.15) is 11.9 Å². The minimum atomic E-state index is -1.99. The van der Waals surface area contributed by atoms with Gasteiger partial charge in [-0.2, -0.15) is 0 Å². The smallest absolute Gasteiger partial charge is 0.408 e. The number of anilines is 1. The Labute approximate surface area is 192 Å². The van der Waals surface area contributed by atoms with Crippen LogP contribution < -0.4 is 4.90 Å². The lowest BCUT2D eigenvalue weighted by Gasteiger charge is -2.47. The summed E-state index contributed by atoms with van der Waals surface area (Å²) in [7, 11) is -1.99. The summed E-state index contributed by atoms with van der Waals surface area (Å²) in [5.74, 6) is 0.0415. The van der Waals surface area contributed by atoms with Gasteiger partial charge in [0.05, 0.1) is 11.0 Å². The molecule has 0 aliphatic carbocycles. The van der Waals surface area contributed by atoms with Crippen LogP contribution in [0.3, 0.4) is 0 Å². The van der Waals surface area contributed by atoms with E-state index in [4.69, 9.17) is 4.43 Å². The Kier molecular flexibility index (Phi) is 7.61. The first-order valence-electron chi connectivity index (χ1n) is 11.0. The van der Waals surface area contributed by atoms with E-state index in [0.29, 0.717) is 31.8 Å². The maximum absolute atomic E-state index is 12.2. The van der Waals surface area contributed by atoms with Gasteiger partial charge in [-0.3, -0.25) is 20.0 Å². The van der Waals surface area contributed by atoms with Crippen molar-refractivity contribution in [2.45, 2.75) is 77.7 Å². The second-order valence-corrected chi connectivity index (χ2v) is 16.0. The molecule has 180 valence electrons. The number of pyridine rings is 1. The Morgan fingerprint density at radius 3 is 2.44 bits per heavy atom. The minimum Gasteiger partial charge on any atom is -0.465 e. The van der Waals surface area contributed by atoms with E-state index >= 15 is 0 Å². The molecule has 1 N–H and O–H groups in total. The van der Waals surface area contributed by atoms with E-state index in [1.807, 2.05) is 25.7 Å². The third-order valence-corrected chi connectivity index (χ3v) is 11.1. The van der Waals surface area contributed by atoms with Gasteiger partial charge in [-0.1, -0.05) is 20.8 Å². The van der Waals surface area contributed by atoms with Crippen molar-refractivity contribution in [3.05, 3.63) is 28.6 Å². The summed E-state index contributed by atoms with van der Waals surface area (Å²) in [6.45, 7) is 18.0. The number of carboxylic acid groups (broad SMARTS) is 1. The number of piperidine rings is 1. The maximum Gasteiger partial charge on any atom is 0.408 e. The average Bonchev–Trinajstić information content (AvgIpc) is 2.64. The molecule has 1 fully saturated rings. The van der Waals surface area contributed by atoms with Crippen LogP contribution in [0.15, 0.2) is 18.5 Å². The Balaban J connectivity index is 2.39. The highest BCUT2D eigenvalue weighted by Crippen LogP contribution is 2.38. The van der Waals surface area contributed by atoms with E-state index in [1.54, 1.807) is 6.07 Å². The third kappa shape index (κ3) is 5.98. The molecule has 9 nitrogen and oxygen atoms in total. The van der Waals surface area contributed by atoms with Crippen molar-refractivity contribution in [1.82, 2.24) is 9.88 Å². The molecule has 2 unspecified atom stereocenters. The van der Waals surface area contributed by atoms with Gasteiger partial charge < -0.3 is 14.4 Å². The summed E-state index contributed by atoms with van der Waals surface area (Å²) in [6, 6.07) is 1.32. The summed E-state index contributed by atoms with van der Waals surface area (Å²) >= 11 is 0. The molecule has 2 heterocycles. The van der Waals surface area contributed by atoms with Crippen LogP contribution in [-0.2, 0) is 4.43 Å². The molecule has 32 heavy (non-hydrogen) atoms. The summed E-state index contributed by atoms with van der Waals surface area (Å²) in [4.78, 5) is 30.7. The Morgan fingerprint density at radius 2 is 1.94 bits per heavy atom. The van der Waals surface area contributed by atoms with Gasteiger partial charge in [0.25, 0.3) is 0 Å². The van der Waals surface area contributed by atoms with Gasteiger partial charge in [-0.15, -0.1) is 0 Å². The fourth-order valence-electron chi connectivity index (χ4n) is 4.00. The van der Waals surface area contributed by atoms with Gasteiger partial charge in [0, 0.05) is 37.4 Å². The molecule has 1 amide bonds. The highest BCUT2D eigenvalue weighted by molar-refractivity contribution is 6.74. The quantitative estimate of drug-likeness (QED) is 0.357. The third-order valence-electron chi connectivity index (χ3n) is 6.61. The Bertz CT molecular complexity index is 834. The summed E-state index contributed by atoms with van der Waals surface area (Å²) in [5.41, 5.74) is -0.213. The Hall–Kier alpha value is -2.20. The zero-order valence-corrected chi connectivity index (χ0v) is 21.6. The lowest BCUT2D eigenvalue weighted by Crippen LogP contribution is -2.59. The van der Waals surface area contributed by atoms with Crippen LogP contribution >= 0.6 is 0 Å². The van der Waals surface area contributed by atoms with E-state index in [-0.39, 0.29) is 22.7 Å². The van der Waals surface area contributed by atoms with Gasteiger partial charge in [-0.05, 0) is 51.4 Å². The van der Waals surface area contributed by atoms with Crippen LogP contribution in [0.2, 0.25) is 18.1 Å². The second kappa shape index (κ2) is 9.34.